The fraction of sp³-hybridized carbons (Fsp3) is 0.700. The zero-order valence-corrected chi connectivity index (χ0v) is 25.3. The summed E-state index contributed by atoms with van der Waals surface area (Å²) in [6, 6.07) is 0. The van der Waals surface area contributed by atoms with Gasteiger partial charge in [-0.1, -0.05) is 13.5 Å². The van der Waals surface area contributed by atoms with Crippen molar-refractivity contribution in [1.29, 1.82) is 0 Å². The molecule has 0 aliphatic heterocycles. The summed E-state index contributed by atoms with van der Waals surface area (Å²) >= 11 is 0. The van der Waals surface area contributed by atoms with E-state index in [0.717, 1.165) is 0 Å². The highest BCUT2D eigenvalue weighted by Crippen LogP contribution is 2.65. The van der Waals surface area contributed by atoms with E-state index in [1.807, 2.05) is 0 Å². The summed E-state index contributed by atoms with van der Waals surface area (Å²) in [4.78, 5) is 61.8. The summed E-state index contributed by atoms with van der Waals surface area (Å²) in [6.07, 6.45) is -4.74. The van der Waals surface area contributed by atoms with Crippen LogP contribution in [0.3, 0.4) is 0 Å². The Morgan fingerprint density at radius 1 is 0.805 bits per heavy atom. The Labute approximate surface area is 240 Å². The molecule has 3 aliphatic carbocycles. The van der Waals surface area contributed by atoms with Crippen LogP contribution in [-0.2, 0) is 47.7 Å². The first-order chi connectivity index (χ1) is 18.8. The van der Waals surface area contributed by atoms with Gasteiger partial charge < -0.3 is 28.8 Å². The molecule has 0 aromatic rings. The third-order valence-electron chi connectivity index (χ3n) is 9.10. The maximum Gasteiger partial charge on any atom is 0.303 e. The van der Waals surface area contributed by atoms with E-state index in [9.17, 15) is 29.1 Å². The van der Waals surface area contributed by atoms with Crippen molar-refractivity contribution in [3.05, 3.63) is 23.3 Å². The molecule has 0 aromatic carbocycles. The molecule has 0 bridgehead atoms. The van der Waals surface area contributed by atoms with Gasteiger partial charge in [0.25, 0.3) is 0 Å². The Bertz CT molecular complexity index is 1180. The van der Waals surface area contributed by atoms with Gasteiger partial charge in [0, 0.05) is 52.9 Å². The van der Waals surface area contributed by atoms with Gasteiger partial charge in [-0.15, -0.1) is 0 Å². The van der Waals surface area contributed by atoms with Crippen molar-refractivity contribution >= 4 is 29.8 Å². The molecule has 11 heteroatoms. The molecule has 2 saturated carbocycles. The summed E-state index contributed by atoms with van der Waals surface area (Å²) < 4.78 is 29.1. The number of hydrogen-bond donors (Lipinski definition) is 1. The van der Waals surface area contributed by atoms with Gasteiger partial charge in [0.15, 0.2) is 12.2 Å². The van der Waals surface area contributed by atoms with Crippen LogP contribution in [0.5, 0.6) is 0 Å². The molecule has 0 spiro atoms. The number of fused-ring (bicyclic) bond motifs is 2. The normalized spacial score (nSPS) is 34.9. The van der Waals surface area contributed by atoms with Crippen LogP contribution in [0.2, 0.25) is 0 Å². The van der Waals surface area contributed by atoms with Crippen LogP contribution in [0, 0.1) is 16.7 Å². The predicted molar refractivity (Wildman–Crippen MR) is 144 cm³/mol. The standard InChI is InChI=1S/C30H42O11/c1-14-21-12-30(28(8,9)36)13-23(38-17(4)32)15(2)25(30)26(40-19(6)34)27(41-20(7)35)29(21,10)24(39-18(5)33)11-22(14)37-16(3)31/h21-24,26-27,36H,1,11-13H2,2-10H3/t21-,22+,23+,24+,26-,27+,29+,30+/m1/s1. The maximum absolute atomic E-state index is 12.7. The fourth-order valence-electron chi connectivity index (χ4n) is 7.35. The first-order valence-electron chi connectivity index (χ1n) is 13.7. The molecule has 0 heterocycles. The Hall–Kier alpha value is -3.21. The second-order valence-electron chi connectivity index (χ2n) is 12.2. The molecular formula is C30H42O11. The van der Waals surface area contributed by atoms with Crippen molar-refractivity contribution in [2.24, 2.45) is 16.7 Å². The third kappa shape index (κ3) is 5.78. The van der Waals surface area contributed by atoms with Crippen LogP contribution in [0.1, 0.15) is 81.6 Å². The number of carbonyl (C=O) groups is 5. The predicted octanol–water partition coefficient (Wildman–Crippen LogP) is 3.11. The van der Waals surface area contributed by atoms with E-state index in [1.165, 1.54) is 34.6 Å². The molecule has 8 atom stereocenters. The minimum absolute atomic E-state index is 0.0270. The van der Waals surface area contributed by atoms with Gasteiger partial charge in [0.2, 0.25) is 0 Å². The van der Waals surface area contributed by atoms with Crippen molar-refractivity contribution in [3.63, 3.8) is 0 Å². The first-order valence-corrected chi connectivity index (χ1v) is 13.7. The van der Waals surface area contributed by atoms with Gasteiger partial charge in [-0.3, -0.25) is 24.0 Å². The van der Waals surface area contributed by atoms with Gasteiger partial charge in [-0.05, 0) is 49.8 Å². The van der Waals surface area contributed by atoms with E-state index in [0.29, 0.717) is 16.7 Å². The Morgan fingerprint density at radius 2 is 1.29 bits per heavy atom. The highest BCUT2D eigenvalue weighted by Gasteiger charge is 2.69. The number of hydrogen-bond acceptors (Lipinski definition) is 11. The fourth-order valence-corrected chi connectivity index (χ4v) is 7.35. The molecule has 0 saturated heterocycles. The van der Waals surface area contributed by atoms with Crippen molar-refractivity contribution in [3.8, 4) is 0 Å². The summed E-state index contributed by atoms with van der Waals surface area (Å²) in [6.45, 7) is 17.2. The lowest BCUT2D eigenvalue weighted by atomic mass is 9.56. The van der Waals surface area contributed by atoms with Crippen molar-refractivity contribution in [1.82, 2.24) is 0 Å². The van der Waals surface area contributed by atoms with Gasteiger partial charge in [0.1, 0.15) is 18.3 Å². The summed E-state index contributed by atoms with van der Waals surface area (Å²) in [5, 5.41) is 11.9. The molecule has 41 heavy (non-hydrogen) atoms. The molecular weight excluding hydrogens is 536 g/mol. The van der Waals surface area contributed by atoms with Crippen LogP contribution in [0.15, 0.2) is 23.3 Å². The van der Waals surface area contributed by atoms with Crippen LogP contribution in [-0.4, -0.2) is 71.1 Å². The first kappa shape index (κ1) is 32.3. The second kappa shape index (κ2) is 11.2. The molecule has 2 fully saturated rings. The van der Waals surface area contributed by atoms with E-state index in [1.54, 1.807) is 27.7 Å². The minimum atomic E-state index is -1.49. The van der Waals surface area contributed by atoms with Crippen LogP contribution in [0.25, 0.3) is 0 Å². The molecule has 0 radical (unpaired) electrons. The van der Waals surface area contributed by atoms with Crippen LogP contribution < -0.4 is 0 Å². The highest BCUT2D eigenvalue weighted by atomic mass is 16.6. The number of rotatable bonds is 6. The molecule has 228 valence electrons. The number of carbonyl (C=O) groups excluding carboxylic acids is 5. The summed E-state index contributed by atoms with van der Waals surface area (Å²) in [5.74, 6) is -3.75. The molecule has 0 amide bonds. The average Bonchev–Trinajstić information content (AvgIpc) is 3.02. The molecule has 3 rings (SSSR count). The van der Waals surface area contributed by atoms with E-state index in [2.05, 4.69) is 6.58 Å². The van der Waals surface area contributed by atoms with Crippen molar-refractivity contribution < 1.29 is 52.8 Å². The lowest BCUT2D eigenvalue weighted by Crippen LogP contribution is -2.60. The summed E-state index contributed by atoms with van der Waals surface area (Å²) in [7, 11) is 0. The third-order valence-corrected chi connectivity index (χ3v) is 9.10. The van der Waals surface area contributed by atoms with E-state index in [4.69, 9.17) is 23.7 Å². The average molecular weight is 579 g/mol. The minimum Gasteiger partial charge on any atom is -0.462 e. The topological polar surface area (TPSA) is 152 Å². The monoisotopic (exact) mass is 578 g/mol. The van der Waals surface area contributed by atoms with Gasteiger partial charge >= 0.3 is 29.8 Å². The molecule has 0 aromatic heterocycles. The largest absolute Gasteiger partial charge is 0.462 e. The van der Waals surface area contributed by atoms with E-state index < -0.39 is 82.7 Å². The Balaban J connectivity index is 2.45. The maximum atomic E-state index is 12.7. The van der Waals surface area contributed by atoms with Crippen LogP contribution >= 0.6 is 0 Å². The smallest absolute Gasteiger partial charge is 0.303 e. The molecule has 0 unspecified atom stereocenters. The Kier molecular flexibility index (Phi) is 8.85. The number of ether oxygens (including phenoxy) is 5. The van der Waals surface area contributed by atoms with Crippen molar-refractivity contribution in [2.75, 3.05) is 0 Å². The quantitative estimate of drug-likeness (QED) is 0.281. The van der Waals surface area contributed by atoms with E-state index >= 15 is 0 Å². The zero-order valence-electron chi connectivity index (χ0n) is 25.3. The van der Waals surface area contributed by atoms with Gasteiger partial charge in [0.05, 0.1) is 11.0 Å². The lowest BCUT2D eigenvalue weighted by Gasteiger charge is -2.53. The SMILES string of the molecule is C=C1[C@@H](OC(C)=O)C[C@H](OC(C)=O)[C@]2(C)[C@@H]1C[C@]1(C(C)(C)O)C[C@H](OC(C)=O)C(C)=C1[C@@H](OC(C)=O)[C@@H]2OC(C)=O. The number of esters is 5. The number of aliphatic hydroxyl groups is 1. The molecule has 3 aliphatic rings. The molecule has 1 N–H and O–H groups in total. The zero-order chi connectivity index (χ0) is 31.2. The van der Waals surface area contributed by atoms with Gasteiger partial charge in [-0.25, -0.2) is 0 Å². The lowest BCUT2D eigenvalue weighted by molar-refractivity contribution is -0.203. The highest BCUT2D eigenvalue weighted by molar-refractivity contribution is 5.70. The second-order valence-corrected chi connectivity index (χ2v) is 12.2. The van der Waals surface area contributed by atoms with Crippen LogP contribution in [0.4, 0.5) is 0 Å². The Morgan fingerprint density at radius 3 is 1.76 bits per heavy atom. The van der Waals surface area contributed by atoms with Gasteiger partial charge in [-0.2, -0.15) is 0 Å². The van der Waals surface area contributed by atoms with E-state index in [-0.39, 0.29) is 19.3 Å². The summed E-state index contributed by atoms with van der Waals surface area (Å²) in [5.41, 5.74) is -2.44. The molecule has 11 nitrogen and oxygen atoms in total. The van der Waals surface area contributed by atoms with Crippen molar-refractivity contribution in [2.45, 2.75) is 118 Å².